The molecular weight excluding hydrogens is 268 g/mol. The number of nitrogens with two attached hydrogens (primary N) is 1. The van der Waals surface area contributed by atoms with Crippen molar-refractivity contribution in [2.45, 2.75) is 44.7 Å². The Morgan fingerprint density at radius 2 is 2.00 bits per heavy atom. The molecule has 0 fully saturated rings. The van der Waals surface area contributed by atoms with Gasteiger partial charge in [0.05, 0.1) is 4.90 Å². The highest BCUT2D eigenvalue weighted by Crippen LogP contribution is 2.26. The summed E-state index contributed by atoms with van der Waals surface area (Å²) in [6.07, 6.45) is 0.845. The predicted molar refractivity (Wildman–Crippen MR) is 76.1 cm³/mol. The van der Waals surface area contributed by atoms with Crippen LogP contribution in [-0.2, 0) is 16.6 Å². The van der Waals surface area contributed by atoms with Crippen molar-refractivity contribution in [1.82, 2.24) is 4.31 Å². The molecule has 0 aromatic carbocycles. The second-order valence-electron chi connectivity index (χ2n) is 4.91. The second kappa shape index (κ2) is 6.14. The lowest BCUT2D eigenvalue weighted by Gasteiger charge is -2.25. The number of hydrogen-bond acceptors (Lipinski definition) is 4. The van der Waals surface area contributed by atoms with Gasteiger partial charge in [-0.2, -0.15) is 4.31 Å². The lowest BCUT2D eigenvalue weighted by atomic mass is 10.1. The van der Waals surface area contributed by atoms with Crippen molar-refractivity contribution in [3.8, 4) is 0 Å². The van der Waals surface area contributed by atoms with E-state index in [2.05, 4.69) is 13.8 Å². The molecule has 0 aliphatic carbocycles. The van der Waals surface area contributed by atoms with Gasteiger partial charge in [0, 0.05) is 24.5 Å². The van der Waals surface area contributed by atoms with Gasteiger partial charge < -0.3 is 5.73 Å². The number of thiophene rings is 1. The molecule has 0 bridgehead atoms. The summed E-state index contributed by atoms with van der Waals surface area (Å²) in [5, 5.41) is 1.77. The summed E-state index contributed by atoms with van der Waals surface area (Å²) in [7, 11) is -1.78. The van der Waals surface area contributed by atoms with Gasteiger partial charge in [-0.3, -0.25) is 0 Å². The average Bonchev–Trinajstić information content (AvgIpc) is 2.75. The number of sulfonamides is 1. The van der Waals surface area contributed by atoms with E-state index < -0.39 is 10.0 Å². The Kier molecular flexibility index (Phi) is 5.33. The van der Waals surface area contributed by atoms with E-state index in [0.717, 1.165) is 11.3 Å². The van der Waals surface area contributed by atoms with E-state index in [0.29, 0.717) is 10.8 Å². The van der Waals surface area contributed by atoms with Crippen molar-refractivity contribution in [3.05, 3.63) is 16.3 Å². The monoisotopic (exact) mass is 290 g/mol. The molecule has 0 saturated carbocycles. The molecule has 0 aliphatic rings. The first kappa shape index (κ1) is 15.6. The minimum atomic E-state index is -3.42. The molecule has 104 valence electrons. The second-order valence-corrected chi connectivity index (χ2v) is 7.88. The van der Waals surface area contributed by atoms with E-state index in [9.17, 15) is 8.42 Å². The molecular formula is C12H22N2O2S2. The molecule has 1 rings (SSSR count). The quantitative estimate of drug-likeness (QED) is 0.874. The van der Waals surface area contributed by atoms with Crippen molar-refractivity contribution in [3.63, 3.8) is 0 Å². The molecule has 2 N–H and O–H groups in total. The highest BCUT2D eigenvalue weighted by molar-refractivity contribution is 7.89. The molecule has 0 spiro atoms. The van der Waals surface area contributed by atoms with E-state index >= 15 is 0 Å². The van der Waals surface area contributed by atoms with Crippen LogP contribution in [0.1, 0.15) is 32.1 Å². The molecule has 1 heterocycles. The van der Waals surface area contributed by atoms with Crippen LogP contribution in [0.25, 0.3) is 0 Å². The number of rotatable bonds is 6. The summed E-state index contributed by atoms with van der Waals surface area (Å²) in [5.41, 5.74) is 5.58. The third kappa shape index (κ3) is 3.32. The highest BCUT2D eigenvalue weighted by atomic mass is 32.2. The SMILES string of the molecule is CC(C)CC(C)N(C)S(=O)(=O)c1ccsc1CN. The van der Waals surface area contributed by atoms with Gasteiger partial charge in [-0.1, -0.05) is 13.8 Å². The summed E-state index contributed by atoms with van der Waals surface area (Å²) in [4.78, 5) is 1.08. The van der Waals surface area contributed by atoms with E-state index in [1.54, 1.807) is 18.5 Å². The fraction of sp³-hybridized carbons (Fsp3) is 0.667. The molecule has 6 heteroatoms. The molecule has 0 amide bonds. The average molecular weight is 290 g/mol. The summed E-state index contributed by atoms with van der Waals surface area (Å²) >= 11 is 1.39. The van der Waals surface area contributed by atoms with Crippen LogP contribution in [0, 0.1) is 5.92 Å². The van der Waals surface area contributed by atoms with E-state index in [-0.39, 0.29) is 12.6 Å². The third-order valence-electron chi connectivity index (χ3n) is 2.98. The van der Waals surface area contributed by atoms with Crippen LogP contribution in [0.15, 0.2) is 16.3 Å². The van der Waals surface area contributed by atoms with Gasteiger partial charge in [0.15, 0.2) is 0 Å². The number of nitrogens with zero attached hydrogens (tertiary/aromatic N) is 1. The Morgan fingerprint density at radius 3 is 2.50 bits per heavy atom. The number of hydrogen-bond donors (Lipinski definition) is 1. The van der Waals surface area contributed by atoms with Crippen LogP contribution in [0.3, 0.4) is 0 Å². The van der Waals surface area contributed by atoms with Gasteiger partial charge in [0.2, 0.25) is 10.0 Å². The van der Waals surface area contributed by atoms with Gasteiger partial charge in [-0.25, -0.2) is 8.42 Å². The van der Waals surface area contributed by atoms with Crippen molar-refractivity contribution in [2.24, 2.45) is 11.7 Å². The highest BCUT2D eigenvalue weighted by Gasteiger charge is 2.28. The van der Waals surface area contributed by atoms with Gasteiger partial charge in [0.1, 0.15) is 0 Å². The summed E-state index contributed by atoms with van der Waals surface area (Å²) in [5.74, 6) is 0.467. The van der Waals surface area contributed by atoms with Crippen molar-refractivity contribution < 1.29 is 8.42 Å². The van der Waals surface area contributed by atoms with Crippen LogP contribution in [0.2, 0.25) is 0 Å². The van der Waals surface area contributed by atoms with E-state index in [1.165, 1.54) is 15.6 Å². The van der Waals surface area contributed by atoms with Gasteiger partial charge in [0.25, 0.3) is 0 Å². The zero-order chi connectivity index (χ0) is 13.9. The standard InChI is InChI=1S/C12H22N2O2S2/c1-9(2)7-10(3)14(4)18(15,16)12-5-6-17-11(12)8-13/h5-6,9-10H,7-8,13H2,1-4H3. The van der Waals surface area contributed by atoms with Crippen molar-refractivity contribution in [2.75, 3.05) is 7.05 Å². The lowest BCUT2D eigenvalue weighted by molar-refractivity contribution is 0.337. The van der Waals surface area contributed by atoms with Crippen molar-refractivity contribution >= 4 is 21.4 Å². The van der Waals surface area contributed by atoms with Crippen LogP contribution < -0.4 is 5.73 Å². The largest absolute Gasteiger partial charge is 0.326 e. The molecule has 1 atom stereocenters. The van der Waals surface area contributed by atoms with E-state index in [1.807, 2.05) is 6.92 Å². The maximum atomic E-state index is 12.5. The zero-order valence-corrected chi connectivity index (χ0v) is 13.0. The van der Waals surface area contributed by atoms with Crippen LogP contribution in [0.4, 0.5) is 0 Å². The maximum Gasteiger partial charge on any atom is 0.244 e. The third-order valence-corrected chi connectivity index (χ3v) is 6.11. The van der Waals surface area contributed by atoms with Gasteiger partial charge in [-0.05, 0) is 30.7 Å². The first-order chi connectivity index (χ1) is 8.30. The molecule has 1 aromatic rings. The normalized spacial score (nSPS) is 14.4. The Morgan fingerprint density at radius 1 is 1.39 bits per heavy atom. The first-order valence-electron chi connectivity index (χ1n) is 6.05. The van der Waals surface area contributed by atoms with Crippen LogP contribution in [0.5, 0.6) is 0 Å². The summed E-state index contributed by atoms with van der Waals surface area (Å²) < 4.78 is 26.4. The zero-order valence-electron chi connectivity index (χ0n) is 11.4. The van der Waals surface area contributed by atoms with Gasteiger partial charge in [-0.15, -0.1) is 11.3 Å². The molecule has 0 radical (unpaired) electrons. The Labute approximate surface area is 114 Å². The molecule has 0 aliphatic heterocycles. The molecule has 4 nitrogen and oxygen atoms in total. The Hall–Kier alpha value is -0.430. The summed E-state index contributed by atoms with van der Waals surface area (Å²) in [6.45, 7) is 6.38. The fourth-order valence-electron chi connectivity index (χ4n) is 1.93. The van der Waals surface area contributed by atoms with Crippen molar-refractivity contribution in [1.29, 1.82) is 0 Å². The Balaban J connectivity index is 3.00. The predicted octanol–water partition coefficient (Wildman–Crippen LogP) is 2.26. The molecule has 18 heavy (non-hydrogen) atoms. The van der Waals surface area contributed by atoms with Crippen LogP contribution in [-0.4, -0.2) is 25.8 Å². The molecule has 0 saturated heterocycles. The minimum Gasteiger partial charge on any atom is -0.326 e. The topological polar surface area (TPSA) is 63.4 Å². The Bertz CT molecular complexity index is 480. The lowest BCUT2D eigenvalue weighted by Crippen LogP contribution is -2.36. The van der Waals surface area contributed by atoms with E-state index in [4.69, 9.17) is 5.73 Å². The first-order valence-corrected chi connectivity index (χ1v) is 8.37. The summed E-state index contributed by atoms with van der Waals surface area (Å²) in [6, 6.07) is 1.63. The maximum absolute atomic E-state index is 12.5. The van der Waals surface area contributed by atoms with Crippen LogP contribution >= 0.6 is 11.3 Å². The van der Waals surface area contributed by atoms with Gasteiger partial charge >= 0.3 is 0 Å². The molecule has 1 aromatic heterocycles. The fourth-order valence-corrected chi connectivity index (χ4v) is 4.61. The smallest absolute Gasteiger partial charge is 0.244 e. The molecule has 1 unspecified atom stereocenters. The minimum absolute atomic E-state index is 0.0134.